The lowest BCUT2D eigenvalue weighted by molar-refractivity contribution is -0.384. The first kappa shape index (κ1) is 21.7. The van der Waals surface area contributed by atoms with Crippen molar-refractivity contribution in [3.8, 4) is 11.5 Å². The van der Waals surface area contributed by atoms with Gasteiger partial charge in [0.15, 0.2) is 11.5 Å². The number of nitro benzene ring substituents is 1. The average molecular weight is 481 g/mol. The first-order valence-corrected chi connectivity index (χ1v) is 11.9. The highest BCUT2D eigenvalue weighted by molar-refractivity contribution is 7.92. The van der Waals surface area contributed by atoms with Crippen LogP contribution in [0.2, 0.25) is 0 Å². The normalized spacial score (nSPS) is 14.4. The highest BCUT2D eigenvalue weighted by Gasteiger charge is 2.31. The van der Waals surface area contributed by atoms with E-state index in [-0.39, 0.29) is 46.5 Å². The molecule has 0 saturated heterocycles. The summed E-state index contributed by atoms with van der Waals surface area (Å²) in [6.07, 6.45) is 0.601. The number of para-hydroxylation sites is 1. The second-order valence-electron chi connectivity index (χ2n) is 7.71. The lowest BCUT2D eigenvalue weighted by Gasteiger charge is -2.20. The molecule has 0 atom stereocenters. The maximum Gasteiger partial charge on any atom is 0.296 e. The Kier molecular flexibility index (Phi) is 5.33. The number of fused-ring (bicyclic) bond motifs is 2. The highest BCUT2D eigenvalue weighted by atomic mass is 32.2. The van der Waals surface area contributed by atoms with Crippen molar-refractivity contribution in [1.29, 1.82) is 0 Å². The molecular formula is C23H19N3O7S. The molecule has 174 valence electrons. The zero-order valence-corrected chi connectivity index (χ0v) is 18.6. The number of nitrogens with zero attached hydrogens (tertiary/aromatic N) is 2. The predicted molar refractivity (Wildman–Crippen MR) is 123 cm³/mol. The van der Waals surface area contributed by atoms with Crippen molar-refractivity contribution < 1.29 is 27.6 Å². The first-order chi connectivity index (χ1) is 16.3. The van der Waals surface area contributed by atoms with Gasteiger partial charge in [-0.1, -0.05) is 24.3 Å². The molecule has 2 heterocycles. The number of carbonyl (C=O) groups is 1. The number of hydrogen-bond donors (Lipinski definition) is 1. The minimum atomic E-state index is -3.91. The molecule has 1 N–H and O–H groups in total. The van der Waals surface area contributed by atoms with Gasteiger partial charge in [0.2, 0.25) is 0 Å². The first-order valence-electron chi connectivity index (χ1n) is 10.4. The van der Waals surface area contributed by atoms with Crippen molar-refractivity contribution in [3.05, 3.63) is 81.9 Å². The summed E-state index contributed by atoms with van der Waals surface area (Å²) in [7, 11) is -3.91. The standard InChI is InChI=1S/C23H19N3O7S/c27-23(24-18-13-21-22(33-11-10-32-21)14-20(18)26(28)29)16-5-3-6-17(12-16)34(30,31)25-9-8-15-4-1-2-7-19(15)25/h1-7,12-14H,8-11H2,(H,24,27). The van der Waals surface area contributed by atoms with Gasteiger partial charge in [-0.25, -0.2) is 8.42 Å². The zero-order chi connectivity index (χ0) is 23.9. The van der Waals surface area contributed by atoms with E-state index in [1.165, 1.54) is 40.7 Å². The van der Waals surface area contributed by atoms with E-state index in [0.717, 1.165) is 5.56 Å². The Morgan fingerprint density at radius 2 is 1.74 bits per heavy atom. The van der Waals surface area contributed by atoms with Crippen LogP contribution in [0.3, 0.4) is 0 Å². The molecule has 10 nitrogen and oxygen atoms in total. The van der Waals surface area contributed by atoms with Gasteiger partial charge in [0.25, 0.3) is 21.6 Å². The summed E-state index contributed by atoms with van der Waals surface area (Å²) < 4.78 is 38.8. The van der Waals surface area contributed by atoms with Gasteiger partial charge in [-0.05, 0) is 36.2 Å². The maximum atomic E-state index is 13.3. The lowest BCUT2D eigenvalue weighted by atomic mass is 10.2. The Labute approximate surface area is 194 Å². The van der Waals surface area contributed by atoms with Crippen LogP contribution in [0.25, 0.3) is 0 Å². The van der Waals surface area contributed by atoms with E-state index in [0.29, 0.717) is 18.7 Å². The third kappa shape index (κ3) is 3.79. The van der Waals surface area contributed by atoms with Crippen LogP contribution in [0.5, 0.6) is 11.5 Å². The Hall–Kier alpha value is -4.12. The second-order valence-corrected chi connectivity index (χ2v) is 9.57. The molecule has 3 aromatic rings. The predicted octanol–water partition coefficient (Wildman–Crippen LogP) is 3.37. The smallest absolute Gasteiger partial charge is 0.296 e. The Morgan fingerprint density at radius 3 is 2.50 bits per heavy atom. The minimum absolute atomic E-state index is 0.0396. The van der Waals surface area contributed by atoms with E-state index < -0.39 is 20.9 Å². The maximum absolute atomic E-state index is 13.3. The summed E-state index contributed by atoms with van der Waals surface area (Å²) in [5.74, 6) is -0.204. The van der Waals surface area contributed by atoms with Crippen LogP contribution >= 0.6 is 0 Å². The van der Waals surface area contributed by atoms with Gasteiger partial charge < -0.3 is 14.8 Å². The van der Waals surface area contributed by atoms with Gasteiger partial charge >= 0.3 is 0 Å². The molecule has 2 aliphatic heterocycles. The molecule has 2 aliphatic rings. The molecule has 0 radical (unpaired) electrons. The van der Waals surface area contributed by atoms with Crippen LogP contribution in [0.4, 0.5) is 17.1 Å². The number of anilines is 2. The third-order valence-electron chi connectivity index (χ3n) is 5.63. The quantitative estimate of drug-likeness (QED) is 0.437. The van der Waals surface area contributed by atoms with E-state index in [1.807, 2.05) is 12.1 Å². The number of nitrogens with one attached hydrogen (secondary N) is 1. The van der Waals surface area contributed by atoms with Gasteiger partial charge in [0.05, 0.1) is 21.6 Å². The fraction of sp³-hybridized carbons (Fsp3) is 0.174. The molecule has 11 heteroatoms. The monoisotopic (exact) mass is 481 g/mol. The highest BCUT2D eigenvalue weighted by Crippen LogP contribution is 2.39. The van der Waals surface area contributed by atoms with E-state index in [9.17, 15) is 23.3 Å². The SMILES string of the molecule is O=C(Nc1cc2c(cc1[N+](=O)[O-])OCCO2)c1cccc(S(=O)(=O)N2CCc3ccccc32)c1. The van der Waals surface area contributed by atoms with Crippen molar-refractivity contribution in [2.24, 2.45) is 0 Å². The van der Waals surface area contributed by atoms with Gasteiger partial charge in [0.1, 0.15) is 18.9 Å². The van der Waals surface area contributed by atoms with Crippen LogP contribution < -0.4 is 19.1 Å². The summed E-state index contributed by atoms with van der Waals surface area (Å²) in [5, 5.41) is 14.0. The molecule has 0 aliphatic carbocycles. The zero-order valence-electron chi connectivity index (χ0n) is 17.8. The summed E-state index contributed by atoms with van der Waals surface area (Å²) in [4.78, 5) is 23.8. The van der Waals surface area contributed by atoms with E-state index in [1.54, 1.807) is 12.1 Å². The van der Waals surface area contributed by atoms with E-state index in [2.05, 4.69) is 5.32 Å². The van der Waals surface area contributed by atoms with Crippen molar-refractivity contribution in [3.63, 3.8) is 0 Å². The molecule has 0 unspecified atom stereocenters. The molecular weight excluding hydrogens is 462 g/mol. The van der Waals surface area contributed by atoms with Gasteiger partial charge in [-0.15, -0.1) is 0 Å². The topological polar surface area (TPSA) is 128 Å². The number of amides is 1. The van der Waals surface area contributed by atoms with E-state index in [4.69, 9.17) is 9.47 Å². The Morgan fingerprint density at radius 1 is 1.00 bits per heavy atom. The molecule has 5 rings (SSSR count). The van der Waals surface area contributed by atoms with Crippen LogP contribution in [0.1, 0.15) is 15.9 Å². The van der Waals surface area contributed by atoms with Crippen LogP contribution in [-0.2, 0) is 16.4 Å². The van der Waals surface area contributed by atoms with Crippen molar-refractivity contribution in [2.45, 2.75) is 11.3 Å². The molecule has 0 aromatic heterocycles. The second kappa shape index (κ2) is 8.34. The average Bonchev–Trinajstić information content (AvgIpc) is 3.28. The van der Waals surface area contributed by atoms with Crippen LogP contribution in [0.15, 0.2) is 65.6 Å². The molecule has 3 aromatic carbocycles. The summed E-state index contributed by atoms with van der Waals surface area (Å²) in [5.41, 5.74) is 1.14. The Balaban J connectivity index is 1.44. The number of benzene rings is 3. The number of sulfonamides is 1. The van der Waals surface area contributed by atoms with Crippen LogP contribution in [-0.4, -0.2) is 39.0 Å². The number of rotatable bonds is 5. The largest absolute Gasteiger partial charge is 0.486 e. The van der Waals surface area contributed by atoms with Crippen molar-refractivity contribution in [2.75, 3.05) is 29.4 Å². The van der Waals surface area contributed by atoms with Gasteiger partial charge in [0, 0.05) is 18.2 Å². The van der Waals surface area contributed by atoms with Crippen molar-refractivity contribution >= 4 is 33.0 Å². The molecule has 34 heavy (non-hydrogen) atoms. The summed E-state index contributed by atoms with van der Waals surface area (Å²) >= 11 is 0. The summed E-state index contributed by atoms with van der Waals surface area (Å²) in [6, 6.07) is 15.4. The number of carbonyl (C=O) groups excluding carboxylic acids is 1. The van der Waals surface area contributed by atoms with E-state index >= 15 is 0 Å². The molecule has 0 saturated carbocycles. The number of ether oxygens (including phenoxy) is 2. The molecule has 0 fully saturated rings. The number of nitro groups is 1. The molecule has 1 amide bonds. The van der Waals surface area contributed by atoms with Crippen molar-refractivity contribution in [1.82, 2.24) is 0 Å². The Bertz CT molecular complexity index is 1420. The number of hydrogen-bond acceptors (Lipinski definition) is 7. The molecule has 0 bridgehead atoms. The third-order valence-corrected chi connectivity index (χ3v) is 7.44. The van der Waals surface area contributed by atoms with Gasteiger partial charge in [-0.2, -0.15) is 0 Å². The van der Waals surface area contributed by atoms with Gasteiger partial charge in [-0.3, -0.25) is 19.2 Å². The fourth-order valence-electron chi connectivity index (χ4n) is 4.01. The lowest BCUT2D eigenvalue weighted by Crippen LogP contribution is -2.29. The minimum Gasteiger partial charge on any atom is -0.486 e. The fourth-order valence-corrected chi connectivity index (χ4v) is 5.56. The summed E-state index contributed by atoms with van der Waals surface area (Å²) in [6.45, 7) is 0.845. The van der Waals surface area contributed by atoms with Crippen LogP contribution in [0, 0.1) is 10.1 Å². The molecule has 0 spiro atoms.